The highest BCUT2D eigenvalue weighted by Crippen LogP contribution is 2.11. The Morgan fingerprint density at radius 2 is 1.63 bits per heavy atom. The zero-order valence-electron chi connectivity index (χ0n) is 12.7. The molecule has 0 unspecified atom stereocenters. The van der Waals surface area contributed by atoms with Crippen molar-refractivity contribution in [1.29, 1.82) is 0 Å². The molecule has 0 saturated carbocycles. The Labute approximate surface area is 123 Å². The lowest BCUT2D eigenvalue weighted by Crippen LogP contribution is -2.34. The fourth-order valence-corrected chi connectivity index (χ4v) is 2.83. The van der Waals surface area contributed by atoms with Gasteiger partial charge in [0.25, 0.3) is 0 Å². The third-order valence-corrected chi connectivity index (χ3v) is 4.20. The smallest absolute Gasteiger partial charge is 0.323 e. The van der Waals surface area contributed by atoms with Gasteiger partial charge in [0.05, 0.1) is 6.61 Å². The van der Waals surface area contributed by atoms with Crippen LogP contribution in [0.3, 0.4) is 0 Å². The van der Waals surface area contributed by atoms with E-state index in [1.807, 2.05) is 0 Å². The zero-order valence-corrected chi connectivity index (χ0v) is 13.5. The first-order valence-electron chi connectivity index (χ1n) is 7.72. The largest absolute Gasteiger partial charge is 0.465 e. The van der Waals surface area contributed by atoms with E-state index in [4.69, 9.17) is 10.5 Å². The number of nitrogens with two attached hydrogens (primary N) is 1. The average molecular weight is 289 g/mol. The molecular weight excluding hydrogens is 258 g/mol. The number of carbonyl (C=O) groups is 1. The molecule has 3 nitrogen and oxygen atoms in total. The minimum absolute atomic E-state index is 0.272. The van der Waals surface area contributed by atoms with Crippen LogP contribution in [-0.4, -0.2) is 30.1 Å². The normalized spacial score (nSPS) is 12.4. The average Bonchev–Trinajstić information content (AvgIpc) is 2.41. The minimum Gasteiger partial charge on any atom is -0.465 e. The van der Waals surface area contributed by atoms with Gasteiger partial charge in [0.1, 0.15) is 6.04 Å². The summed E-state index contributed by atoms with van der Waals surface area (Å²) in [5, 5.41) is 0. The Balaban J connectivity index is 3.20. The number of esters is 1. The molecule has 19 heavy (non-hydrogen) atoms. The lowest BCUT2D eigenvalue weighted by atomic mass is 10.1. The maximum Gasteiger partial charge on any atom is 0.323 e. The summed E-state index contributed by atoms with van der Waals surface area (Å²) in [5.74, 6) is 1.50. The maximum atomic E-state index is 11.3. The summed E-state index contributed by atoms with van der Waals surface area (Å²) in [4.78, 5) is 11.3. The van der Waals surface area contributed by atoms with Crippen LogP contribution in [0.4, 0.5) is 0 Å². The molecule has 0 radical (unpaired) electrons. The van der Waals surface area contributed by atoms with Gasteiger partial charge >= 0.3 is 5.97 Å². The quantitative estimate of drug-likeness (QED) is 0.414. The summed E-state index contributed by atoms with van der Waals surface area (Å²) in [6.07, 6.45) is 10.7. The maximum absolute atomic E-state index is 11.3. The number of thioether (sulfide) groups is 1. The van der Waals surface area contributed by atoms with E-state index < -0.39 is 6.04 Å². The molecular formula is C15H31NO2S. The predicted octanol–water partition coefficient (Wildman–Crippen LogP) is 3.75. The number of unbranched alkanes of at least 4 members (excludes halogenated alkanes) is 7. The summed E-state index contributed by atoms with van der Waals surface area (Å²) in [6.45, 7) is 4.46. The van der Waals surface area contributed by atoms with Gasteiger partial charge < -0.3 is 10.5 Å². The second-order valence-electron chi connectivity index (χ2n) is 4.91. The zero-order chi connectivity index (χ0) is 14.3. The Bertz CT molecular complexity index is 212. The molecule has 0 saturated heterocycles. The highest BCUT2D eigenvalue weighted by Gasteiger charge is 2.13. The van der Waals surface area contributed by atoms with E-state index in [9.17, 15) is 4.79 Å². The third-order valence-electron chi connectivity index (χ3n) is 3.03. The van der Waals surface area contributed by atoms with Gasteiger partial charge in [-0.2, -0.15) is 11.8 Å². The number of hydrogen-bond acceptors (Lipinski definition) is 4. The molecule has 0 heterocycles. The van der Waals surface area contributed by atoms with Crippen molar-refractivity contribution in [2.75, 3.05) is 18.1 Å². The Hall–Kier alpha value is -0.220. The van der Waals surface area contributed by atoms with Crippen LogP contribution >= 0.6 is 11.8 Å². The van der Waals surface area contributed by atoms with E-state index in [-0.39, 0.29) is 5.97 Å². The van der Waals surface area contributed by atoms with Crippen LogP contribution in [0.1, 0.15) is 65.2 Å². The summed E-state index contributed by atoms with van der Waals surface area (Å²) in [6, 6.07) is -0.459. The Kier molecular flexibility index (Phi) is 14.0. The summed E-state index contributed by atoms with van der Waals surface area (Å²) >= 11 is 1.76. The van der Waals surface area contributed by atoms with Crippen molar-refractivity contribution in [3.63, 3.8) is 0 Å². The molecule has 0 bridgehead atoms. The van der Waals surface area contributed by atoms with E-state index in [0.29, 0.717) is 12.4 Å². The number of ether oxygens (including phenoxy) is 1. The SMILES string of the molecule is CCCCCCCCCCSC[C@H](N)C(=O)OCC. The van der Waals surface area contributed by atoms with Gasteiger partial charge in [0, 0.05) is 5.75 Å². The van der Waals surface area contributed by atoms with Gasteiger partial charge in [-0.3, -0.25) is 4.79 Å². The second kappa shape index (κ2) is 14.2. The van der Waals surface area contributed by atoms with Gasteiger partial charge in [0.2, 0.25) is 0 Å². The monoisotopic (exact) mass is 289 g/mol. The number of hydrogen-bond donors (Lipinski definition) is 1. The van der Waals surface area contributed by atoms with Crippen molar-refractivity contribution in [2.24, 2.45) is 5.73 Å². The standard InChI is InChI=1S/C15H31NO2S/c1-3-5-6-7-8-9-10-11-12-19-13-14(16)15(17)18-4-2/h14H,3-13,16H2,1-2H3/t14-/m0/s1. The van der Waals surface area contributed by atoms with Crippen LogP contribution in [0.2, 0.25) is 0 Å². The van der Waals surface area contributed by atoms with Crippen molar-refractivity contribution in [3.8, 4) is 0 Å². The van der Waals surface area contributed by atoms with E-state index >= 15 is 0 Å². The fraction of sp³-hybridized carbons (Fsp3) is 0.933. The lowest BCUT2D eigenvalue weighted by Gasteiger charge is -2.09. The molecule has 0 aromatic rings. The van der Waals surface area contributed by atoms with Crippen LogP contribution in [0.5, 0.6) is 0 Å². The van der Waals surface area contributed by atoms with E-state index in [2.05, 4.69) is 6.92 Å². The molecule has 0 spiro atoms. The minimum atomic E-state index is -0.459. The van der Waals surface area contributed by atoms with E-state index in [0.717, 1.165) is 5.75 Å². The molecule has 0 fully saturated rings. The molecule has 4 heteroatoms. The highest BCUT2D eigenvalue weighted by molar-refractivity contribution is 7.99. The van der Waals surface area contributed by atoms with Crippen LogP contribution in [0.25, 0.3) is 0 Å². The lowest BCUT2D eigenvalue weighted by molar-refractivity contribution is -0.144. The van der Waals surface area contributed by atoms with Crippen molar-refractivity contribution in [3.05, 3.63) is 0 Å². The molecule has 0 rings (SSSR count). The topological polar surface area (TPSA) is 52.3 Å². The predicted molar refractivity (Wildman–Crippen MR) is 84.5 cm³/mol. The van der Waals surface area contributed by atoms with E-state index in [1.165, 1.54) is 51.4 Å². The molecule has 114 valence electrons. The van der Waals surface area contributed by atoms with Crippen molar-refractivity contribution >= 4 is 17.7 Å². The first-order valence-corrected chi connectivity index (χ1v) is 8.87. The number of rotatable bonds is 13. The summed E-state index contributed by atoms with van der Waals surface area (Å²) < 4.78 is 4.87. The molecule has 2 N–H and O–H groups in total. The highest BCUT2D eigenvalue weighted by atomic mass is 32.2. The van der Waals surface area contributed by atoms with Crippen molar-refractivity contribution in [1.82, 2.24) is 0 Å². The van der Waals surface area contributed by atoms with Crippen LogP contribution in [0.15, 0.2) is 0 Å². The molecule has 0 aromatic carbocycles. The van der Waals surface area contributed by atoms with Gasteiger partial charge in [-0.15, -0.1) is 0 Å². The molecule has 0 aliphatic rings. The Morgan fingerprint density at radius 3 is 2.21 bits per heavy atom. The van der Waals surface area contributed by atoms with Gasteiger partial charge in [-0.25, -0.2) is 0 Å². The molecule has 0 amide bonds. The van der Waals surface area contributed by atoms with Gasteiger partial charge in [-0.05, 0) is 19.1 Å². The molecule has 0 aromatic heterocycles. The second-order valence-corrected chi connectivity index (χ2v) is 6.06. The van der Waals surface area contributed by atoms with Gasteiger partial charge in [-0.1, -0.05) is 51.9 Å². The third kappa shape index (κ3) is 12.6. The first kappa shape index (κ1) is 18.8. The molecule has 0 aliphatic heterocycles. The van der Waals surface area contributed by atoms with E-state index in [1.54, 1.807) is 18.7 Å². The van der Waals surface area contributed by atoms with Gasteiger partial charge in [0.15, 0.2) is 0 Å². The van der Waals surface area contributed by atoms with Crippen LogP contribution in [-0.2, 0) is 9.53 Å². The number of carbonyl (C=O) groups excluding carboxylic acids is 1. The molecule has 1 atom stereocenters. The Morgan fingerprint density at radius 1 is 1.05 bits per heavy atom. The van der Waals surface area contributed by atoms with Crippen molar-refractivity contribution < 1.29 is 9.53 Å². The van der Waals surface area contributed by atoms with Crippen LogP contribution < -0.4 is 5.73 Å². The summed E-state index contributed by atoms with van der Waals surface area (Å²) in [7, 11) is 0. The fourth-order valence-electron chi connectivity index (χ4n) is 1.87. The molecule has 0 aliphatic carbocycles. The first-order chi connectivity index (χ1) is 9.22. The van der Waals surface area contributed by atoms with Crippen molar-refractivity contribution in [2.45, 2.75) is 71.3 Å². The van der Waals surface area contributed by atoms with Crippen LogP contribution in [0, 0.1) is 0 Å². The summed E-state index contributed by atoms with van der Waals surface area (Å²) in [5.41, 5.74) is 5.72.